The van der Waals surface area contributed by atoms with Gasteiger partial charge in [-0.15, -0.1) is 0 Å². The van der Waals surface area contributed by atoms with Gasteiger partial charge in [0, 0.05) is 37.1 Å². The summed E-state index contributed by atoms with van der Waals surface area (Å²) >= 11 is 0. The van der Waals surface area contributed by atoms with Crippen molar-refractivity contribution in [3.8, 4) is 0 Å². The number of carbonyl (C=O) groups excluding carboxylic acids is 4. The van der Waals surface area contributed by atoms with Crippen LogP contribution in [0, 0.1) is 0 Å². The van der Waals surface area contributed by atoms with Gasteiger partial charge >= 0.3 is 11.9 Å². The van der Waals surface area contributed by atoms with Crippen molar-refractivity contribution in [3.05, 3.63) is 132 Å². The lowest BCUT2D eigenvalue weighted by Crippen LogP contribution is -2.51. The van der Waals surface area contributed by atoms with E-state index in [0.717, 1.165) is 0 Å². The number of ether oxygens (including phenoxy) is 3. The third-order valence-corrected chi connectivity index (χ3v) is 6.80. The summed E-state index contributed by atoms with van der Waals surface area (Å²) in [5.74, 6) is -2.09. The maximum absolute atomic E-state index is 13.5. The van der Waals surface area contributed by atoms with Gasteiger partial charge in [-0.3, -0.25) is 9.59 Å². The molecule has 0 radical (unpaired) electrons. The minimum absolute atomic E-state index is 0.129. The monoisotopic (exact) mass is 568 g/mol. The molecule has 1 aliphatic heterocycles. The molecule has 3 aromatic rings. The fourth-order valence-electron chi connectivity index (χ4n) is 4.55. The summed E-state index contributed by atoms with van der Waals surface area (Å²) in [6, 6.07) is 24.6. The molecule has 42 heavy (non-hydrogen) atoms. The lowest BCUT2D eigenvalue weighted by molar-refractivity contribution is -0.114. The van der Waals surface area contributed by atoms with E-state index in [2.05, 4.69) is 0 Å². The van der Waals surface area contributed by atoms with Crippen molar-refractivity contribution in [1.29, 1.82) is 0 Å². The molecule has 0 aromatic heterocycles. The Morgan fingerprint density at radius 1 is 0.810 bits per heavy atom. The first kappa shape index (κ1) is 30.0. The van der Waals surface area contributed by atoms with E-state index >= 15 is 0 Å². The summed E-state index contributed by atoms with van der Waals surface area (Å²) in [5, 5.41) is 0. The number of nitrogens with zero attached hydrogens (tertiary/aromatic N) is 1. The second-order valence-corrected chi connectivity index (χ2v) is 9.59. The molecule has 9 nitrogen and oxygen atoms in total. The van der Waals surface area contributed by atoms with E-state index in [1.165, 1.54) is 13.3 Å². The van der Waals surface area contributed by atoms with E-state index < -0.39 is 36.1 Å². The Balaban J connectivity index is 1.71. The molecule has 0 aliphatic carbocycles. The fraction of sp³-hybridized carbons (Fsp3) is 0.212. The molecule has 9 heteroatoms. The van der Waals surface area contributed by atoms with Gasteiger partial charge in [-0.05, 0) is 30.7 Å². The molecule has 0 saturated heterocycles. The molecule has 0 saturated carbocycles. The highest BCUT2D eigenvalue weighted by Gasteiger charge is 2.39. The van der Waals surface area contributed by atoms with Gasteiger partial charge in [0.1, 0.15) is 12.7 Å². The first-order chi connectivity index (χ1) is 20.4. The van der Waals surface area contributed by atoms with E-state index in [1.807, 2.05) is 0 Å². The van der Waals surface area contributed by atoms with Crippen LogP contribution in [0.4, 0.5) is 0 Å². The Kier molecular flexibility index (Phi) is 10.4. The number of ketones is 1. The minimum Gasteiger partial charge on any atom is -0.459 e. The topological polar surface area (TPSA) is 125 Å². The third-order valence-electron chi connectivity index (χ3n) is 6.80. The Morgan fingerprint density at radius 3 is 1.90 bits per heavy atom. The number of benzene rings is 3. The highest BCUT2D eigenvalue weighted by atomic mass is 16.6. The van der Waals surface area contributed by atoms with Crippen LogP contribution in [-0.4, -0.2) is 60.5 Å². The summed E-state index contributed by atoms with van der Waals surface area (Å²) in [4.78, 5) is 53.3. The lowest BCUT2D eigenvalue weighted by atomic mass is 9.94. The molecule has 1 heterocycles. The van der Waals surface area contributed by atoms with E-state index in [-0.39, 0.29) is 24.4 Å². The van der Waals surface area contributed by atoms with Crippen molar-refractivity contribution in [3.63, 3.8) is 0 Å². The predicted molar refractivity (Wildman–Crippen MR) is 155 cm³/mol. The highest BCUT2D eigenvalue weighted by Crippen LogP contribution is 2.26. The van der Waals surface area contributed by atoms with E-state index in [4.69, 9.17) is 19.9 Å². The van der Waals surface area contributed by atoms with E-state index in [0.29, 0.717) is 23.1 Å². The molecule has 0 spiro atoms. The molecular weight excluding hydrogens is 536 g/mol. The number of carbonyl (C=O) groups is 4. The van der Waals surface area contributed by atoms with Gasteiger partial charge < -0.3 is 24.8 Å². The number of amides is 1. The van der Waals surface area contributed by atoms with Crippen LogP contribution in [0.25, 0.3) is 0 Å². The smallest absolute Gasteiger partial charge is 0.338 e. The van der Waals surface area contributed by atoms with Crippen molar-refractivity contribution in [2.75, 3.05) is 13.7 Å². The first-order valence-electron chi connectivity index (χ1n) is 13.4. The number of rotatable bonds is 13. The number of hydrogen-bond donors (Lipinski definition) is 1. The van der Waals surface area contributed by atoms with Gasteiger partial charge in [-0.2, -0.15) is 0 Å². The Morgan fingerprint density at radius 2 is 1.36 bits per heavy atom. The standard InChI is InChI=1S/C33H32N2O7/c1-40-29(22-41-32(38)24-14-7-3-8-15-24)30(42-33(39)25-16-9-4-10-17-25)27(20-28(36)23-12-5-2-6-13-23)35-19-11-18-26(21-35)31(34)37/h2-17,19,21,27,29-30H,18,20,22H2,1H3,(H2,34,37)/t27-,29-,30+/m1/s1. The Bertz CT molecular complexity index is 1440. The Hall–Kier alpha value is -5.02. The van der Waals surface area contributed by atoms with Crippen molar-refractivity contribution in [2.24, 2.45) is 5.73 Å². The molecule has 2 N–H and O–H groups in total. The van der Waals surface area contributed by atoms with Crippen LogP contribution in [0.15, 0.2) is 115 Å². The van der Waals surface area contributed by atoms with Crippen LogP contribution < -0.4 is 5.73 Å². The van der Waals surface area contributed by atoms with Gasteiger partial charge in [0.15, 0.2) is 11.9 Å². The maximum Gasteiger partial charge on any atom is 0.338 e. The van der Waals surface area contributed by atoms with Crippen molar-refractivity contribution in [1.82, 2.24) is 4.90 Å². The largest absolute Gasteiger partial charge is 0.459 e. The molecule has 0 fully saturated rings. The number of Topliss-reactive ketones (excluding diaryl/α,β-unsaturated/α-hetero) is 1. The van der Waals surface area contributed by atoms with Gasteiger partial charge in [-0.1, -0.05) is 72.8 Å². The summed E-state index contributed by atoms with van der Waals surface area (Å²) < 4.78 is 17.4. The van der Waals surface area contributed by atoms with Crippen molar-refractivity contribution in [2.45, 2.75) is 31.1 Å². The van der Waals surface area contributed by atoms with Crippen LogP contribution >= 0.6 is 0 Å². The number of esters is 2. The second-order valence-electron chi connectivity index (χ2n) is 9.59. The number of hydrogen-bond acceptors (Lipinski definition) is 8. The number of allylic oxidation sites excluding steroid dienone is 1. The predicted octanol–water partition coefficient (Wildman–Crippen LogP) is 4.31. The zero-order valence-corrected chi connectivity index (χ0v) is 23.1. The van der Waals surface area contributed by atoms with Crippen LogP contribution in [-0.2, 0) is 19.0 Å². The van der Waals surface area contributed by atoms with E-state index in [1.54, 1.807) is 108 Å². The molecule has 3 aromatic carbocycles. The molecule has 1 aliphatic rings. The second kappa shape index (κ2) is 14.6. The number of primary amides is 1. The summed E-state index contributed by atoms with van der Waals surface area (Å²) in [7, 11) is 1.40. The SMILES string of the molecule is CO[C@H](COC(=O)c1ccccc1)[C@@H](OC(=O)c1ccccc1)[C@@H](CC(=O)c1ccccc1)N1C=CCC(C(N)=O)=C1. The summed E-state index contributed by atoms with van der Waals surface area (Å²) in [6.45, 7) is -0.281. The average molecular weight is 569 g/mol. The zero-order chi connectivity index (χ0) is 29.9. The number of nitrogens with two attached hydrogens (primary N) is 1. The molecule has 4 rings (SSSR count). The third kappa shape index (κ3) is 7.80. The average Bonchev–Trinajstić information content (AvgIpc) is 3.04. The fourth-order valence-corrected chi connectivity index (χ4v) is 4.55. The maximum atomic E-state index is 13.5. The van der Waals surface area contributed by atoms with Gasteiger partial charge in [0.25, 0.3) is 0 Å². The van der Waals surface area contributed by atoms with Crippen LogP contribution in [0.1, 0.15) is 43.9 Å². The van der Waals surface area contributed by atoms with Gasteiger partial charge in [0.2, 0.25) is 5.91 Å². The highest BCUT2D eigenvalue weighted by molar-refractivity contribution is 5.97. The van der Waals surface area contributed by atoms with Crippen LogP contribution in [0.3, 0.4) is 0 Å². The normalized spacial score (nSPS) is 14.7. The quantitative estimate of drug-likeness (QED) is 0.239. The van der Waals surface area contributed by atoms with Crippen LogP contribution in [0.5, 0.6) is 0 Å². The molecular formula is C33H32N2O7. The zero-order valence-electron chi connectivity index (χ0n) is 23.1. The van der Waals surface area contributed by atoms with Crippen molar-refractivity contribution >= 4 is 23.6 Å². The number of methoxy groups -OCH3 is 1. The molecule has 216 valence electrons. The summed E-state index contributed by atoms with van der Waals surface area (Å²) in [5.41, 5.74) is 6.97. The summed E-state index contributed by atoms with van der Waals surface area (Å²) in [6.07, 6.45) is 3.02. The molecule has 1 amide bonds. The van der Waals surface area contributed by atoms with Crippen LogP contribution in [0.2, 0.25) is 0 Å². The first-order valence-corrected chi connectivity index (χ1v) is 13.4. The van der Waals surface area contributed by atoms with Gasteiger partial charge in [-0.25, -0.2) is 9.59 Å². The van der Waals surface area contributed by atoms with E-state index in [9.17, 15) is 19.2 Å². The molecule has 0 unspecified atom stereocenters. The minimum atomic E-state index is -1.13. The van der Waals surface area contributed by atoms with Gasteiger partial charge in [0.05, 0.1) is 17.2 Å². The molecule has 3 atom stereocenters. The lowest BCUT2D eigenvalue weighted by Gasteiger charge is -2.38. The van der Waals surface area contributed by atoms with Crippen molar-refractivity contribution < 1.29 is 33.4 Å². The Labute approximate surface area is 244 Å². The molecule has 0 bridgehead atoms.